The Kier molecular flexibility index (Phi) is 6.29. The highest BCUT2D eigenvalue weighted by atomic mass is 35.5. The number of nitrogens with zero attached hydrogens (tertiary/aromatic N) is 1. The van der Waals surface area contributed by atoms with Crippen LogP contribution in [0, 0.1) is 0 Å². The van der Waals surface area contributed by atoms with E-state index in [0.29, 0.717) is 17.4 Å². The van der Waals surface area contributed by atoms with Gasteiger partial charge in [-0.1, -0.05) is 48.0 Å². The van der Waals surface area contributed by atoms with E-state index in [2.05, 4.69) is 6.58 Å². The van der Waals surface area contributed by atoms with Crippen molar-refractivity contribution in [2.24, 2.45) is 0 Å². The molecule has 0 heterocycles. The predicted molar refractivity (Wildman–Crippen MR) is 97.2 cm³/mol. The first kappa shape index (κ1) is 18.8. The van der Waals surface area contributed by atoms with Crippen LogP contribution in [0.3, 0.4) is 0 Å². The van der Waals surface area contributed by atoms with Crippen LogP contribution < -0.4 is 4.74 Å². The third-order valence-electron chi connectivity index (χ3n) is 3.28. The van der Waals surface area contributed by atoms with Crippen LogP contribution in [0.15, 0.2) is 60.0 Å². The van der Waals surface area contributed by atoms with Crippen molar-refractivity contribution in [3.63, 3.8) is 0 Å². The van der Waals surface area contributed by atoms with Crippen LogP contribution in [0.2, 0.25) is 10.0 Å². The van der Waals surface area contributed by atoms with Gasteiger partial charge in [-0.15, -0.1) is 0 Å². The number of ether oxygens (including phenoxy) is 1. The van der Waals surface area contributed by atoms with E-state index in [4.69, 9.17) is 27.9 Å². The van der Waals surface area contributed by atoms with E-state index < -0.39 is 10.0 Å². The summed E-state index contributed by atoms with van der Waals surface area (Å²) in [5.41, 5.74) is 0.824. The summed E-state index contributed by atoms with van der Waals surface area (Å²) < 4.78 is 32.0. The van der Waals surface area contributed by atoms with E-state index in [0.717, 1.165) is 5.56 Å². The molecule has 0 atom stereocenters. The van der Waals surface area contributed by atoms with E-state index in [1.165, 1.54) is 23.5 Å². The van der Waals surface area contributed by atoms with Crippen molar-refractivity contribution in [3.05, 3.63) is 70.7 Å². The largest absolute Gasteiger partial charge is 0.490 e. The van der Waals surface area contributed by atoms with Crippen LogP contribution >= 0.6 is 23.2 Å². The average Bonchev–Trinajstić information content (AvgIpc) is 2.56. The molecule has 0 aliphatic rings. The number of hydrogen-bond acceptors (Lipinski definition) is 3. The maximum Gasteiger partial charge on any atom is 0.244 e. The topological polar surface area (TPSA) is 46.6 Å². The molecule has 2 aromatic carbocycles. The first-order valence-electron chi connectivity index (χ1n) is 7.08. The average molecular weight is 386 g/mol. The maximum absolute atomic E-state index is 12.7. The summed E-state index contributed by atoms with van der Waals surface area (Å²) in [6.45, 7) is 4.20. The zero-order chi connectivity index (χ0) is 17.7. The molecule has 24 heavy (non-hydrogen) atoms. The van der Waals surface area contributed by atoms with Crippen LogP contribution in [0.1, 0.15) is 5.56 Å². The molecular formula is C17H17Cl2NO3S. The Morgan fingerprint density at radius 3 is 2.46 bits per heavy atom. The van der Waals surface area contributed by atoms with Gasteiger partial charge in [-0.25, -0.2) is 8.42 Å². The monoisotopic (exact) mass is 385 g/mol. The second-order valence-corrected chi connectivity index (χ2v) is 7.94. The second-order valence-electron chi connectivity index (χ2n) is 5.08. The van der Waals surface area contributed by atoms with Crippen molar-refractivity contribution >= 4 is 33.2 Å². The quantitative estimate of drug-likeness (QED) is 0.664. The molecule has 0 amide bonds. The Labute approximate surface area is 152 Å². The van der Waals surface area contributed by atoms with Gasteiger partial charge in [0.05, 0.1) is 5.02 Å². The SMILES string of the molecule is C=CCOc1ccc(CN(C)S(=O)(=O)c2cc(Cl)ccc2Cl)cc1. The minimum atomic E-state index is -3.74. The van der Waals surface area contributed by atoms with Crippen LogP contribution in [-0.4, -0.2) is 26.4 Å². The van der Waals surface area contributed by atoms with E-state index in [1.807, 2.05) is 12.1 Å². The third kappa shape index (κ3) is 4.51. The third-order valence-corrected chi connectivity index (χ3v) is 5.80. The number of sulfonamides is 1. The zero-order valence-electron chi connectivity index (χ0n) is 13.1. The molecule has 0 saturated heterocycles. The minimum Gasteiger partial charge on any atom is -0.490 e. The first-order valence-corrected chi connectivity index (χ1v) is 9.28. The van der Waals surface area contributed by atoms with Crippen molar-refractivity contribution in [3.8, 4) is 5.75 Å². The Hall–Kier alpha value is -1.53. The zero-order valence-corrected chi connectivity index (χ0v) is 15.4. The molecule has 0 bridgehead atoms. The molecule has 0 aromatic heterocycles. The number of rotatable bonds is 7. The van der Waals surface area contributed by atoms with Gasteiger partial charge in [0.2, 0.25) is 10.0 Å². The fourth-order valence-electron chi connectivity index (χ4n) is 2.03. The van der Waals surface area contributed by atoms with Gasteiger partial charge in [0, 0.05) is 18.6 Å². The molecule has 2 aromatic rings. The van der Waals surface area contributed by atoms with E-state index >= 15 is 0 Å². The van der Waals surface area contributed by atoms with E-state index in [-0.39, 0.29) is 16.5 Å². The summed E-state index contributed by atoms with van der Waals surface area (Å²) in [6.07, 6.45) is 1.66. The molecular weight excluding hydrogens is 369 g/mol. The van der Waals surface area contributed by atoms with Crippen molar-refractivity contribution in [2.75, 3.05) is 13.7 Å². The normalized spacial score (nSPS) is 11.5. The molecule has 4 nitrogen and oxygen atoms in total. The van der Waals surface area contributed by atoms with Gasteiger partial charge in [-0.3, -0.25) is 0 Å². The summed E-state index contributed by atoms with van der Waals surface area (Å²) in [6, 6.07) is 11.6. The van der Waals surface area contributed by atoms with Crippen LogP contribution in [0.4, 0.5) is 0 Å². The number of halogens is 2. The lowest BCUT2D eigenvalue weighted by Gasteiger charge is -2.18. The van der Waals surface area contributed by atoms with Gasteiger partial charge in [-0.2, -0.15) is 4.31 Å². The molecule has 0 spiro atoms. The van der Waals surface area contributed by atoms with E-state index in [1.54, 1.807) is 24.3 Å². The summed E-state index contributed by atoms with van der Waals surface area (Å²) in [7, 11) is -2.25. The highest BCUT2D eigenvalue weighted by Gasteiger charge is 2.24. The Morgan fingerprint density at radius 2 is 1.83 bits per heavy atom. The van der Waals surface area contributed by atoms with Gasteiger partial charge in [0.1, 0.15) is 17.3 Å². The van der Waals surface area contributed by atoms with Crippen LogP contribution in [-0.2, 0) is 16.6 Å². The highest BCUT2D eigenvalue weighted by Crippen LogP contribution is 2.28. The van der Waals surface area contributed by atoms with Crippen molar-refractivity contribution in [1.82, 2.24) is 4.31 Å². The highest BCUT2D eigenvalue weighted by molar-refractivity contribution is 7.89. The fraction of sp³-hybridized carbons (Fsp3) is 0.176. The Morgan fingerprint density at radius 1 is 1.17 bits per heavy atom. The van der Waals surface area contributed by atoms with Crippen LogP contribution in [0.25, 0.3) is 0 Å². The fourth-order valence-corrected chi connectivity index (χ4v) is 3.92. The Balaban J connectivity index is 2.17. The molecule has 7 heteroatoms. The molecule has 0 N–H and O–H groups in total. The lowest BCUT2D eigenvalue weighted by Crippen LogP contribution is -2.26. The number of hydrogen-bond donors (Lipinski definition) is 0. The summed E-state index contributed by atoms with van der Waals surface area (Å²) >= 11 is 11.9. The maximum atomic E-state index is 12.7. The smallest absolute Gasteiger partial charge is 0.244 e. The first-order chi connectivity index (χ1) is 11.3. The van der Waals surface area contributed by atoms with Gasteiger partial charge in [-0.05, 0) is 35.9 Å². The van der Waals surface area contributed by atoms with Crippen molar-refractivity contribution in [1.29, 1.82) is 0 Å². The molecule has 2 rings (SSSR count). The molecule has 0 aliphatic heterocycles. The summed E-state index contributed by atoms with van der Waals surface area (Å²) in [4.78, 5) is -0.00916. The van der Waals surface area contributed by atoms with Gasteiger partial charge >= 0.3 is 0 Å². The summed E-state index contributed by atoms with van der Waals surface area (Å²) in [5, 5.41) is 0.453. The standard InChI is InChI=1S/C17H17Cl2NO3S/c1-3-10-23-15-7-4-13(5-8-15)12-20(2)24(21,22)17-11-14(18)6-9-16(17)19/h3-9,11H,1,10,12H2,2H3. The lowest BCUT2D eigenvalue weighted by atomic mass is 10.2. The minimum absolute atomic E-state index is 0.00916. The molecule has 0 saturated carbocycles. The van der Waals surface area contributed by atoms with Gasteiger partial charge in [0.15, 0.2) is 0 Å². The molecule has 0 radical (unpaired) electrons. The molecule has 0 aliphatic carbocycles. The molecule has 128 valence electrons. The van der Waals surface area contributed by atoms with Gasteiger partial charge in [0.25, 0.3) is 0 Å². The van der Waals surface area contributed by atoms with Gasteiger partial charge < -0.3 is 4.74 Å². The van der Waals surface area contributed by atoms with Crippen molar-refractivity contribution < 1.29 is 13.2 Å². The molecule has 0 unspecified atom stereocenters. The lowest BCUT2D eigenvalue weighted by molar-refractivity contribution is 0.363. The second kappa shape index (κ2) is 8.03. The van der Waals surface area contributed by atoms with Crippen LogP contribution in [0.5, 0.6) is 5.75 Å². The Bertz CT molecular complexity index is 820. The number of benzene rings is 2. The summed E-state index contributed by atoms with van der Waals surface area (Å²) in [5.74, 6) is 0.696. The van der Waals surface area contributed by atoms with E-state index in [9.17, 15) is 8.42 Å². The predicted octanol–water partition coefficient (Wildman–Crippen LogP) is 4.38. The molecule has 0 fully saturated rings. The van der Waals surface area contributed by atoms with Crippen molar-refractivity contribution in [2.45, 2.75) is 11.4 Å².